The van der Waals surface area contributed by atoms with Crippen molar-refractivity contribution < 1.29 is 12.6 Å². The number of rotatable bonds is 3. The maximum atomic E-state index is 2.73. The second-order valence-corrected chi connectivity index (χ2v) is 131. The van der Waals surface area contributed by atoms with Crippen molar-refractivity contribution in [1.82, 2.24) is 0 Å². The van der Waals surface area contributed by atoms with Crippen LogP contribution in [0.4, 0.5) is 0 Å². The molecule has 2 aliphatic rings. The topological polar surface area (TPSA) is 0 Å². The summed E-state index contributed by atoms with van der Waals surface area (Å²) in [5.74, 6) is 0. The van der Waals surface area contributed by atoms with Crippen molar-refractivity contribution in [3.8, 4) is 0 Å². The molecule has 1 unspecified atom stereocenters. The average molecular weight is 562 g/mol. The third kappa shape index (κ3) is 2.71. The van der Waals surface area contributed by atoms with E-state index in [1.54, 1.807) is 5.56 Å². The van der Waals surface area contributed by atoms with Gasteiger partial charge in [0.25, 0.3) is 0 Å². The van der Waals surface area contributed by atoms with Crippen LogP contribution < -0.4 is 0 Å². The van der Waals surface area contributed by atoms with Gasteiger partial charge >= 0.3 is 170 Å². The quantitative estimate of drug-likeness (QED) is 0.322. The van der Waals surface area contributed by atoms with Crippen molar-refractivity contribution in [2.75, 3.05) is 0 Å². The molecule has 0 aliphatic heterocycles. The summed E-state index contributed by atoms with van der Waals surface area (Å²) in [5.41, 5.74) is 5.95. The van der Waals surface area contributed by atoms with Crippen LogP contribution in [0.25, 0.3) is 6.08 Å². The predicted octanol–water partition coefficient (Wildman–Crippen LogP) is 10.0. The van der Waals surface area contributed by atoms with Crippen molar-refractivity contribution in [3.05, 3.63) is 64.8 Å². The number of benzene rings is 1. The van der Waals surface area contributed by atoms with Gasteiger partial charge < -0.3 is 0 Å². The van der Waals surface area contributed by atoms with Gasteiger partial charge in [0.2, 0.25) is 0 Å². The molecule has 1 atom stereocenters. The molecule has 0 nitrogen and oxygen atoms in total. The van der Waals surface area contributed by atoms with Gasteiger partial charge in [0, 0.05) is 0 Å². The van der Waals surface area contributed by atoms with E-state index in [-0.39, 0.29) is 8.59 Å². The second-order valence-electron chi connectivity index (χ2n) is 22.3. The van der Waals surface area contributed by atoms with Gasteiger partial charge in [-0.1, -0.05) is 0 Å². The fraction of sp³-hybridized carbons (Fsp3) is 0.571. The number of allylic oxidation sites excluding steroid dienone is 5. The zero-order valence-electron chi connectivity index (χ0n) is 21.4. The van der Waals surface area contributed by atoms with Crippen LogP contribution in [0.1, 0.15) is 49.4 Å². The van der Waals surface area contributed by atoms with Crippen molar-refractivity contribution in [2.45, 2.75) is 80.6 Å². The molecular formula is C28H47Hf. The van der Waals surface area contributed by atoms with Crippen LogP contribution in [0, 0.1) is 19.3 Å². The Kier molecular flexibility index (Phi) is 2.95. The van der Waals surface area contributed by atoms with E-state index in [0.29, 0.717) is 3.67 Å². The van der Waals surface area contributed by atoms with E-state index in [9.17, 15) is 0 Å². The standard InChI is InChI=1S/C16H21.C5H5.7CH3.Hf/c1-11-8-13-6-7-14(10-16(3,4)5)15(13)9-12(11)2;1-2-4-5-3-1;;;;;;;;/h6-9H,10H2,1-5H3;1-5H;7*1H3;. The van der Waals surface area contributed by atoms with Crippen LogP contribution in [-0.4, -0.2) is 0 Å². The summed E-state index contributed by atoms with van der Waals surface area (Å²) in [7, 11) is 0. The zero-order valence-corrected chi connectivity index (χ0v) is 25.0. The molecule has 0 saturated carbocycles. The molecule has 0 heterocycles. The molecule has 0 saturated heterocycles. The van der Waals surface area contributed by atoms with Crippen LogP contribution >= 0.6 is 0 Å². The third-order valence-electron chi connectivity index (χ3n) is 10.1. The minimum atomic E-state index is -5.66. The summed E-state index contributed by atoms with van der Waals surface area (Å²) in [6.07, 6.45) is 15.7. The van der Waals surface area contributed by atoms with Gasteiger partial charge in [-0.2, -0.15) is 0 Å². The molecule has 163 valence electrons. The molecule has 1 heteroatoms. The predicted molar refractivity (Wildman–Crippen MR) is 134 cm³/mol. The molecule has 1 aromatic carbocycles. The summed E-state index contributed by atoms with van der Waals surface area (Å²) in [6, 6.07) is 4.95. The van der Waals surface area contributed by atoms with E-state index in [1.807, 2.05) is 0 Å². The molecule has 0 radical (unpaired) electrons. The molecule has 0 aromatic heterocycles. The Balaban J connectivity index is 2.68. The van der Waals surface area contributed by atoms with Gasteiger partial charge in [0.1, 0.15) is 0 Å². The normalized spacial score (nSPS) is 29.3. The van der Waals surface area contributed by atoms with E-state index < -0.39 is 12.6 Å². The van der Waals surface area contributed by atoms with Gasteiger partial charge in [-0.15, -0.1) is 0 Å². The van der Waals surface area contributed by atoms with E-state index in [4.69, 9.17) is 0 Å². The van der Waals surface area contributed by atoms with E-state index >= 15 is 0 Å². The minimum absolute atomic E-state index is 0.0721. The van der Waals surface area contributed by atoms with Gasteiger partial charge in [-0.05, 0) is 0 Å². The van der Waals surface area contributed by atoms with E-state index in [1.165, 1.54) is 16.7 Å². The Bertz CT molecular complexity index is 1070. The van der Waals surface area contributed by atoms with Gasteiger partial charge in [-0.3, -0.25) is 0 Å². The van der Waals surface area contributed by atoms with E-state index in [0.717, 1.165) is 6.42 Å². The molecule has 29 heavy (non-hydrogen) atoms. The Labute approximate surface area is 168 Å². The Morgan fingerprint density at radius 2 is 1.31 bits per heavy atom. The summed E-state index contributed by atoms with van der Waals surface area (Å²) in [6.45, 7) is 11.8. The molecule has 0 fully saturated rings. The summed E-state index contributed by atoms with van der Waals surface area (Å²) in [5, 5.41) is 0. The Morgan fingerprint density at radius 3 is 1.79 bits per heavy atom. The summed E-state index contributed by atoms with van der Waals surface area (Å²) < 4.78 is 19.4. The Morgan fingerprint density at radius 1 is 0.828 bits per heavy atom. The average Bonchev–Trinajstić information content (AvgIpc) is 3.07. The first-order valence-electron chi connectivity index (χ1n) is 11.7. The van der Waals surface area contributed by atoms with Crippen molar-refractivity contribution in [1.29, 1.82) is 0 Å². The Hall–Kier alpha value is -0.690. The first-order valence-corrected chi connectivity index (χ1v) is 40.7. The van der Waals surface area contributed by atoms with Crippen LogP contribution in [-0.2, 0) is 15.8 Å². The molecule has 3 rings (SSSR count). The van der Waals surface area contributed by atoms with Crippen molar-refractivity contribution in [2.24, 2.45) is 5.41 Å². The number of aryl methyl sites for hydroxylation is 2. The fourth-order valence-corrected chi connectivity index (χ4v) is 40.1. The number of fused-ring (bicyclic) bond motifs is 1. The molecule has 0 bridgehead atoms. The number of hydrogen-bond donors (Lipinski definition) is 0. The molecule has 1 aromatic rings. The first-order chi connectivity index (χ1) is 12.2. The molecule has 2 aliphatic carbocycles. The third-order valence-corrected chi connectivity index (χ3v) is 56.0. The van der Waals surface area contributed by atoms with Crippen LogP contribution in [0.2, 0.25) is 36.4 Å². The molecular weight excluding hydrogens is 515 g/mol. The summed E-state index contributed by atoms with van der Waals surface area (Å²) in [4.78, 5) is 0. The van der Waals surface area contributed by atoms with Gasteiger partial charge in [-0.25, -0.2) is 0 Å². The SMILES string of the molecule is Cc1cc2c(cc1C)[C](CC(C)(C)C)([Hf]([CH3])([CH3])([CH3])([CH3])([CH3])([CH3])([CH3])[CH]1C=CC=C1)C=C2. The maximum absolute atomic E-state index is 5.66. The second kappa shape index (κ2) is 3.72. The summed E-state index contributed by atoms with van der Waals surface area (Å²) >= 11 is -5.66. The molecule has 0 amide bonds. The van der Waals surface area contributed by atoms with Crippen LogP contribution in [0.3, 0.4) is 0 Å². The first kappa shape index (κ1) is 23.0. The van der Waals surface area contributed by atoms with Gasteiger partial charge in [0.05, 0.1) is 0 Å². The number of hydrogen-bond acceptors (Lipinski definition) is 0. The van der Waals surface area contributed by atoms with E-state index in [2.05, 4.69) is 116 Å². The fourth-order valence-electron chi connectivity index (χ4n) is 7.17. The molecule has 0 N–H and O–H groups in total. The zero-order chi connectivity index (χ0) is 22.6. The van der Waals surface area contributed by atoms with Gasteiger partial charge in [0.15, 0.2) is 0 Å². The molecule has 0 spiro atoms. The van der Waals surface area contributed by atoms with Crippen LogP contribution in [0.15, 0.2) is 42.5 Å². The monoisotopic (exact) mass is 563 g/mol. The van der Waals surface area contributed by atoms with Crippen LogP contribution in [0.5, 0.6) is 0 Å². The van der Waals surface area contributed by atoms with Crippen molar-refractivity contribution in [3.63, 3.8) is 0 Å². The van der Waals surface area contributed by atoms with Crippen molar-refractivity contribution >= 4 is 6.08 Å².